The van der Waals surface area contributed by atoms with Crippen molar-refractivity contribution in [3.8, 4) is 0 Å². The van der Waals surface area contributed by atoms with Crippen LogP contribution >= 0.6 is 12.4 Å². The zero-order valence-corrected chi connectivity index (χ0v) is 14.1. The SMILES string of the molecule is COCCC1(CNC(=O)C2(N)CCCCC2)CCCC1.Cl. The highest BCUT2D eigenvalue weighted by Gasteiger charge is 2.38. The maximum atomic E-state index is 12.4. The summed E-state index contributed by atoms with van der Waals surface area (Å²) in [5.41, 5.74) is 5.93. The fraction of sp³-hybridized carbons (Fsp3) is 0.938. The van der Waals surface area contributed by atoms with Gasteiger partial charge in [-0.2, -0.15) is 0 Å². The molecule has 2 saturated carbocycles. The molecule has 0 spiro atoms. The normalized spacial score (nSPS) is 23.3. The van der Waals surface area contributed by atoms with Gasteiger partial charge in [0, 0.05) is 20.3 Å². The molecule has 2 rings (SSSR count). The quantitative estimate of drug-likeness (QED) is 0.791. The average molecular weight is 319 g/mol. The van der Waals surface area contributed by atoms with Crippen LogP contribution in [0.5, 0.6) is 0 Å². The lowest BCUT2D eigenvalue weighted by atomic mass is 9.80. The fourth-order valence-electron chi connectivity index (χ4n) is 3.81. The second-order valence-electron chi connectivity index (χ2n) is 6.85. The predicted molar refractivity (Wildman–Crippen MR) is 87.7 cm³/mol. The highest BCUT2D eigenvalue weighted by molar-refractivity contribution is 5.86. The zero-order chi connectivity index (χ0) is 14.5. The van der Waals surface area contributed by atoms with E-state index >= 15 is 0 Å². The van der Waals surface area contributed by atoms with E-state index in [4.69, 9.17) is 10.5 Å². The molecule has 0 saturated heterocycles. The molecule has 2 aliphatic carbocycles. The van der Waals surface area contributed by atoms with E-state index in [0.29, 0.717) is 0 Å². The van der Waals surface area contributed by atoms with E-state index in [1.165, 1.54) is 32.1 Å². The van der Waals surface area contributed by atoms with Gasteiger partial charge in [-0.3, -0.25) is 4.79 Å². The van der Waals surface area contributed by atoms with Gasteiger partial charge in [-0.25, -0.2) is 0 Å². The molecule has 0 aromatic carbocycles. The number of halogens is 1. The molecule has 2 aliphatic rings. The summed E-state index contributed by atoms with van der Waals surface area (Å²) in [6.45, 7) is 1.55. The molecule has 0 atom stereocenters. The molecule has 124 valence electrons. The van der Waals surface area contributed by atoms with Gasteiger partial charge in [-0.05, 0) is 37.5 Å². The first-order chi connectivity index (χ1) is 9.60. The molecule has 3 N–H and O–H groups in total. The van der Waals surface area contributed by atoms with E-state index in [-0.39, 0.29) is 23.7 Å². The van der Waals surface area contributed by atoms with Crippen LogP contribution in [-0.4, -0.2) is 31.7 Å². The van der Waals surface area contributed by atoms with Crippen LogP contribution in [0.25, 0.3) is 0 Å². The van der Waals surface area contributed by atoms with E-state index in [2.05, 4.69) is 5.32 Å². The van der Waals surface area contributed by atoms with Crippen molar-refractivity contribution in [3.63, 3.8) is 0 Å². The summed E-state index contributed by atoms with van der Waals surface area (Å²) in [6, 6.07) is 0. The number of carbonyl (C=O) groups is 1. The van der Waals surface area contributed by atoms with E-state index in [0.717, 1.165) is 45.3 Å². The summed E-state index contributed by atoms with van der Waals surface area (Å²) in [4.78, 5) is 12.4. The molecule has 21 heavy (non-hydrogen) atoms. The highest BCUT2D eigenvalue weighted by atomic mass is 35.5. The summed E-state index contributed by atoms with van der Waals surface area (Å²) in [6.07, 6.45) is 11.0. The van der Waals surface area contributed by atoms with Crippen LogP contribution in [0.1, 0.15) is 64.2 Å². The standard InChI is InChI=1S/C16H30N2O2.ClH/c1-20-12-11-15(7-5-6-8-15)13-18-14(19)16(17)9-3-2-4-10-16;/h2-13,17H2,1H3,(H,18,19);1H. The van der Waals surface area contributed by atoms with Gasteiger partial charge < -0.3 is 15.8 Å². The monoisotopic (exact) mass is 318 g/mol. The third kappa shape index (κ3) is 4.83. The fourth-order valence-corrected chi connectivity index (χ4v) is 3.81. The van der Waals surface area contributed by atoms with Gasteiger partial charge in [0.1, 0.15) is 0 Å². The molecule has 0 radical (unpaired) electrons. The number of nitrogens with two attached hydrogens (primary N) is 1. The van der Waals surface area contributed by atoms with Gasteiger partial charge in [-0.1, -0.05) is 32.1 Å². The third-order valence-electron chi connectivity index (χ3n) is 5.32. The van der Waals surface area contributed by atoms with Crippen molar-refractivity contribution < 1.29 is 9.53 Å². The van der Waals surface area contributed by atoms with E-state index in [1.54, 1.807) is 7.11 Å². The molecule has 4 nitrogen and oxygen atoms in total. The Morgan fingerprint density at radius 1 is 1.10 bits per heavy atom. The zero-order valence-electron chi connectivity index (χ0n) is 13.3. The lowest BCUT2D eigenvalue weighted by Gasteiger charge is -2.35. The van der Waals surface area contributed by atoms with E-state index in [1.807, 2.05) is 0 Å². The maximum absolute atomic E-state index is 12.4. The van der Waals surface area contributed by atoms with Crippen LogP contribution in [0.4, 0.5) is 0 Å². The van der Waals surface area contributed by atoms with Crippen LogP contribution in [0, 0.1) is 5.41 Å². The van der Waals surface area contributed by atoms with Gasteiger partial charge in [0.25, 0.3) is 0 Å². The Morgan fingerprint density at radius 2 is 1.67 bits per heavy atom. The Balaban J connectivity index is 0.00000220. The van der Waals surface area contributed by atoms with Gasteiger partial charge >= 0.3 is 0 Å². The number of methoxy groups -OCH3 is 1. The van der Waals surface area contributed by atoms with Crippen LogP contribution in [0.15, 0.2) is 0 Å². The van der Waals surface area contributed by atoms with Crippen molar-refractivity contribution in [1.82, 2.24) is 5.32 Å². The lowest BCUT2D eigenvalue weighted by molar-refractivity contribution is -0.128. The smallest absolute Gasteiger partial charge is 0.240 e. The molecule has 0 aliphatic heterocycles. The Bertz CT molecular complexity index is 324. The number of hydrogen-bond acceptors (Lipinski definition) is 3. The highest BCUT2D eigenvalue weighted by Crippen LogP contribution is 2.40. The minimum absolute atomic E-state index is 0. The first-order valence-corrected chi connectivity index (χ1v) is 8.16. The summed E-state index contributed by atoms with van der Waals surface area (Å²) in [5, 5.41) is 3.17. The van der Waals surface area contributed by atoms with Gasteiger partial charge in [0.15, 0.2) is 0 Å². The minimum Gasteiger partial charge on any atom is -0.385 e. The van der Waals surface area contributed by atoms with E-state index < -0.39 is 5.54 Å². The Morgan fingerprint density at radius 3 is 2.24 bits per heavy atom. The number of ether oxygens (including phenoxy) is 1. The molecule has 1 amide bonds. The number of rotatable bonds is 6. The summed E-state index contributed by atoms with van der Waals surface area (Å²) < 4.78 is 5.23. The van der Waals surface area contributed by atoms with Crippen LogP contribution < -0.4 is 11.1 Å². The van der Waals surface area contributed by atoms with Gasteiger partial charge in [0.2, 0.25) is 5.91 Å². The largest absolute Gasteiger partial charge is 0.385 e. The first-order valence-electron chi connectivity index (χ1n) is 8.16. The van der Waals surface area contributed by atoms with Gasteiger partial charge in [-0.15, -0.1) is 12.4 Å². The van der Waals surface area contributed by atoms with Crippen LogP contribution in [-0.2, 0) is 9.53 Å². The molecule has 0 unspecified atom stereocenters. The van der Waals surface area contributed by atoms with Crippen molar-refractivity contribution in [2.24, 2.45) is 11.1 Å². The minimum atomic E-state index is -0.612. The number of amides is 1. The summed E-state index contributed by atoms with van der Waals surface area (Å²) in [5.74, 6) is 0.0703. The van der Waals surface area contributed by atoms with E-state index in [9.17, 15) is 4.79 Å². The number of carbonyl (C=O) groups excluding carboxylic acids is 1. The van der Waals surface area contributed by atoms with Crippen molar-refractivity contribution >= 4 is 18.3 Å². The second kappa shape index (κ2) is 8.35. The Kier molecular flexibility index (Phi) is 7.45. The molecule has 0 bridgehead atoms. The van der Waals surface area contributed by atoms with Crippen molar-refractivity contribution in [3.05, 3.63) is 0 Å². The summed E-state index contributed by atoms with van der Waals surface area (Å²) in [7, 11) is 1.75. The van der Waals surface area contributed by atoms with Gasteiger partial charge in [0.05, 0.1) is 5.54 Å². The van der Waals surface area contributed by atoms with Crippen molar-refractivity contribution in [1.29, 1.82) is 0 Å². The number of nitrogens with one attached hydrogen (secondary N) is 1. The Labute approximate surface area is 135 Å². The topological polar surface area (TPSA) is 64.3 Å². The number of hydrogen-bond donors (Lipinski definition) is 2. The molecule has 2 fully saturated rings. The molecule has 0 heterocycles. The maximum Gasteiger partial charge on any atom is 0.240 e. The molecule has 5 heteroatoms. The third-order valence-corrected chi connectivity index (χ3v) is 5.32. The molecular formula is C16H31ClN2O2. The second-order valence-corrected chi connectivity index (χ2v) is 6.85. The molecule has 0 aromatic rings. The molecule has 0 aromatic heterocycles. The van der Waals surface area contributed by atoms with Crippen LogP contribution in [0.3, 0.4) is 0 Å². The summed E-state index contributed by atoms with van der Waals surface area (Å²) >= 11 is 0. The van der Waals surface area contributed by atoms with Crippen molar-refractivity contribution in [2.45, 2.75) is 69.7 Å². The Hall–Kier alpha value is -0.320. The lowest BCUT2D eigenvalue weighted by Crippen LogP contribution is -2.56. The average Bonchev–Trinajstić information content (AvgIpc) is 2.93. The molecular weight excluding hydrogens is 288 g/mol. The van der Waals surface area contributed by atoms with Crippen molar-refractivity contribution in [2.75, 3.05) is 20.3 Å². The predicted octanol–water partition coefficient (Wildman–Crippen LogP) is 2.78. The van der Waals surface area contributed by atoms with Crippen LogP contribution in [0.2, 0.25) is 0 Å². The first kappa shape index (κ1) is 18.7.